The van der Waals surface area contributed by atoms with Crippen LogP contribution in [0.15, 0.2) is 30.3 Å². The zero-order chi connectivity index (χ0) is 14.7. The van der Waals surface area contributed by atoms with Crippen molar-refractivity contribution >= 4 is 40.6 Å². The smallest absolute Gasteiger partial charge is 0.150 e. The molecule has 0 N–H and O–H groups in total. The van der Waals surface area contributed by atoms with Crippen LogP contribution in [0.5, 0.6) is 5.75 Å². The lowest BCUT2D eigenvalue weighted by molar-refractivity contribution is 0.409. The highest BCUT2D eigenvalue weighted by molar-refractivity contribution is 6.42. The summed E-state index contributed by atoms with van der Waals surface area (Å²) in [5, 5.41) is 1.03. The average Bonchev–Trinajstić information content (AvgIpc) is 2.43. The fourth-order valence-corrected chi connectivity index (χ4v) is 2.50. The first-order chi connectivity index (χ1) is 9.52. The molecule has 0 aliphatic rings. The van der Waals surface area contributed by atoms with Gasteiger partial charge in [0.05, 0.1) is 17.2 Å². The van der Waals surface area contributed by atoms with Crippen LogP contribution in [0.2, 0.25) is 15.2 Å². The number of benzene rings is 1. The van der Waals surface area contributed by atoms with Crippen molar-refractivity contribution in [3.8, 4) is 5.75 Å². The van der Waals surface area contributed by atoms with Crippen LogP contribution in [-0.4, -0.2) is 19.1 Å². The van der Waals surface area contributed by atoms with Gasteiger partial charge in [-0.3, -0.25) is 0 Å². The largest absolute Gasteiger partial charge is 0.496 e. The first-order valence-corrected chi connectivity index (χ1v) is 7.01. The van der Waals surface area contributed by atoms with Crippen molar-refractivity contribution in [1.29, 1.82) is 0 Å². The second-order valence-electron chi connectivity index (χ2n) is 4.23. The van der Waals surface area contributed by atoms with Gasteiger partial charge in [-0.15, -0.1) is 0 Å². The van der Waals surface area contributed by atoms with Gasteiger partial charge in [-0.2, -0.15) is 0 Å². The summed E-state index contributed by atoms with van der Waals surface area (Å²) in [4.78, 5) is 6.10. The normalized spacial score (nSPS) is 10.4. The number of aromatic nitrogens is 1. The predicted molar refractivity (Wildman–Crippen MR) is 84.4 cm³/mol. The molecule has 0 aliphatic carbocycles. The fourth-order valence-electron chi connectivity index (χ4n) is 1.87. The van der Waals surface area contributed by atoms with Gasteiger partial charge in [0.25, 0.3) is 0 Å². The molecule has 0 bridgehead atoms. The highest BCUT2D eigenvalue weighted by Gasteiger charge is 2.13. The maximum Gasteiger partial charge on any atom is 0.150 e. The highest BCUT2D eigenvalue weighted by Crippen LogP contribution is 2.32. The Morgan fingerprint density at radius 3 is 2.55 bits per heavy atom. The Morgan fingerprint density at radius 2 is 1.85 bits per heavy atom. The van der Waals surface area contributed by atoms with E-state index in [1.165, 1.54) is 0 Å². The molecule has 2 aromatic rings. The lowest BCUT2D eigenvalue weighted by Crippen LogP contribution is -2.18. The van der Waals surface area contributed by atoms with E-state index in [4.69, 9.17) is 39.5 Å². The monoisotopic (exact) mass is 330 g/mol. The molecule has 0 aliphatic heterocycles. The van der Waals surface area contributed by atoms with Crippen molar-refractivity contribution in [2.24, 2.45) is 0 Å². The fraction of sp³-hybridized carbons (Fsp3) is 0.214. The Kier molecular flexibility index (Phi) is 4.97. The quantitative estimate of drug-likeness (QED) is 0.760. The van der Waals surface area contributed by atoms with E-state index in [9.17, 15) is 0 Å². The summed E-state index contributed by atoms with van der Waals surface area (Å²) >= 11 is 18.0. The number of nitrogens with zero attached hydrogens (tertiary/aromatic N) is 2. The Morgan fingerprint density at radius 1 is 1.15 bits per heavy atom. The van der Waals surface area contributed by atoms with E-state index >= 15 is 0 Å². The van der Waals surface area contributed by atoms with E-state index in [2.05, 4.69) is 4.98 Å². The lowest BCUT2D eigenvalue weighted by atomic mass is 10.2. The summed E-state index contributed by atoms with van der Waals surface area (Å²) in [5.41, 5.74) is 1.03. The molecule has 0 saturated heterocycles. The van der Waals surface area contributed by atoms with Gasteiger partial charge in [0.1, 0.15) is 16.7 Å². The Labute approximate surface area is 133 Å². The number of hydrogen-bond donors (Lipinski definition) is 0. The topological polar surface area (TPSA) is 25.4 Å². The molecule has 0 atom stereocenters. The molecule has 1 heterocycles. The maximum absolute atomic E-state index is 6.16. The van der Waals surface area contributed by atoms with E-state index in [1.807, 2.05) is 36.2 Å². The Balaban J connectivity index is 2.28. The van der Waals surface area contributed by atoms with Gasteiger partial charge in [0.2, 0.25) is 0 Å². The van der Waals surface area contributed by atoms with Crippen LogP contribution < -0.4 is 9.64 Å². The molecule has 2 rings (SSSR count). The zero-order valence-electron chi connectivity index (χ0n) is 11.0. The number of halogens is 3. The number of rotatable bonds is 4. The molecule has 0 spiro atoms. The third kappa shape index (κ3) is 3.29. The van der Waals surface area contributed by atoms with Crippen molar-refractivity contribution < 1.29 is 4.74 Å². The number of pyridine rings is 1. The molecule has 3 nitrogen and oxygen atoms in total. The van der Waals surface area contributed by atoms with Crippen molar-refractivity contribution in [1.82, 2.24) is 4.98 Å². The van der Waals surface area contributed by atoms with Crippen LogP contribution in [0.1, 0.15) is 5.56 Å². The average molecular weight is 332 g/mol. The van der Waals surface area contributed by atoms with E-state index < -0.39 is 0 Å². The standard InChI is InChI=1S/C14H13Cl3N2O/c1-19(8-9-5-3-4-6-12(9)20-2)14-11(16)7-10(15)13(17)18-14/h3-7H,8H2,1-2H3. The minimum Gasteiger partial charge on any atom is -0.496 e. The van der Waals surface area contributed by atoms with Crippen LogP contribution in [0, 0.1) is 0 Å². The summed E-state index contributed by atoms with van der Waals surface area (Å²) in [7, 11) is 3.52. The minimum atomic E-state index is 0.234. The summed E-state index contributed by atoms with van der Waals surface area (Å²) in [6.07, 6.45) is 0. The summed E-state index contributed by atoms with van der Waals surface area (Å²) in [5.74, 6) is 1.39. The SMILES string of the molecule is COc1ccccc1CN(C)c1nc(Cl)c(Cl)cc1Cl. The van der Waals surface area contributed by atoms with Gasteiger partial charge in [0.15, 0.2) is 0 Å². The molecule has 6 heteroatoms. The number of para-hydroxylation sites is 1. The van der Waals surface area contributed by atoms with Gasteiger partial charge < -0.3 is 9.64 Å². The Hall–Kier alpha value is -1.16. The summed E-state index contributed by atoms with van der Waals surface area (Å²) in [6, 6.07) is 9.36. The molecule has 1 aromatic heterocycles. The van der Waals surface area contributed by atoms with Crippen LogP contribution in [-0.2, 0) is 6.54 Å². The molecule has 1 aromatic carbocycles. The van der Waals surface area contributed by atoms with Crippen molar-refractivity contribution in [2.75, 3.05) is 19.1 Å². The maximum atomic E-state index is 6.16. The molecule has 0 saturated carbocycles. The van der Waals surface area contributed by atoms with Crippen LogP contribution in [0.25, 0.3) is 0 Å². The molecule has 20 heavy (non-hydrogen) atoms. The molecule has 0 radical (unpaired) electrons. The van der Waals surface area contributed by atoms with Crippen molar-refractivity contribution in [3.63, 3.8) is 0 Å². The molecule has 0 amide bonds. The summed E-state index contributed by atoms with van der Waals surface area (Å²) in [6.45, 7) is 0.592. The highest BCUT2D eigenvalue weighted by atomic mass is 35.5. The van der Waals surface area contributed by atoms with Gasteiger partial charge in [-0.1, -0.05) is 53.0 Å². The number of hydrogen-bond acceptors (Lipinski definition) is 3. The third-order valence-corrected chi connectivity index (χ3v) is 3.78. The number of anilines is 1. The van der Waals surface area contributed by atoms with E-state index in [-0.39, 0.29) is 5.15 Å². The number of ether oxygens (including phenoxy) is 1. The molecule has 106 valence electrons. The molecule has 0 unspecified atom stereocenters. The van der Waals surface area contributed by atoms with Gasteiger partial charge in [0, 0.05) is 19.2 Å². The predicted octanol–water partition coefficient (Wildman–Crippen LogP) is 4.69. The van der Waals surface area contributed by atoms with Crippen LogP contribution in [0.3, 0.4) is 0 Å². The third-order valence-electron chi connectivity index (χ3n) is 2.83. The first kappa shape index (κ1) is 15.2. The van der Waals surface area contributed by atoms with E-state index in [0.29, 0.717) is 22.4 Å². The van der Waals surface area contributed by atoms with Gasteiger partial charge >= 0.3 is 0 Å². The lowest BCUT2D eigenvalue weighted by Gasteiger charge is -2.21. The second kappa shape index (κ2) is 6.53. The zero-order valence-corrected chi connectivity index (χ0v) is 13.3. The second-order valence-corrected chi connectivity index (χ2v) is 5.41. The summed E-state index contributed by atoms with van der Waals surface area (Å²) < 4.78 is 5.33. The van der Waals surface area contributed by atoms with Gasteiger partial charge in [-0.05, 0) is 12.1 Å². The molecule has 0 fully saturated rings. The number of methoxy groups -OCH3 is 1. The molecular formula is C14H13Cl3N2O. The van der Waals surface area contributed by atoms with Crippen LogP contribution in [0.4, 0.5) is 5.82 Å². The van der Waals surface area contributed by atoms with E-state index in [1.54, 1.807) is 13.2 Å². The van der Waals surface area contributed by atoms with E-state index in [0.717, 1.165) is 11.3 Å². The van der Waals surface area contributed by atoms with Gasteiger partial charge in [-0.25, -0.2) is 4.98 Å². The Bertz CT molecular complexity index is 619. The van der Waals surface area contributed by atoms with Crippen LogP contribution >= 0.6 is 34.8 Å². The first-order valence-electron chi connectivity index (χ1n) is 5.87. The molecular weight excluding hydrogens is 319 g/mol. The minimum absolute atomic E-state index is 0.234. The van der Waals surface area contributed by atoms with Crippen molar-refractivity contribution in [2.45, 2.75) is 6.54 Å². The van der Waals surface area contributed by atoms with Crippen molar-refractivity contribution in [3.05, 3.63) is 51.1 Å².